The Morgan fingerprint density at radius 2 is 2.31 bits per heavy atom. The van der Waals surface area contributed by atoms with Crippen LogP contribution in [-0.4, -0.2) is 6.04 Å². The van der Waals surface area contributed by atoms with E-state index in [1.54, 1.807) is 0 Å². The van der Waals surface area contributed by atoms with Crippen LogP contribution in [0.5, 0.6) is 0 Å². The Bertz CT molecular complexity index is 308. The van der Waals surface area contributed by atoms with Gasteiger partial charge in [0, 0.05) is 11.7 Å². The third kappa shape index (κ3) is 2.28. The van der Waals surface area contributed by atoms with E-state index in [-0.39, 0.29) is 6.54 Å². The Morgan fingerprint density at radius 3 is 3.00 bits per heavy atom. The molecule has 0 atom stereocenters. The highest BCUT2D eigenvalue weighted by Gasteiger charge is 2.20. The molecule has 0 saturated heterocycles. The highest BCUT2D eigenvalue weighted by molar-refractivity contribution is 5.47. The summed E-state index contributed by atoms with van der Waals surface area (Å²) in [7, 11) is 0. The van der Waals surface area contributed by atoms with Crippen LogP contribution in [0.2, 0.25) is 0 Å². The topological polar surface area (TPSA) is 41.5 Å². The van der Waals surface area contributed by atoms with E-state index in [1.165, 1.54) is 12.8 Å². The minimum absolute atomic E-state index is 0.264. The molecule has 1 N–H and O–H groups in total. The van der Waals surface area contributed by atoms with Gasteiger partial charge in [-0.25, -0.2) is 0 Å². The van der Waals surface area contributed by atoms with Crippen molar-refractivity contribution in [1.82, 2.24) is 0 Å². The molecule has 1 aliphatic rings. The fraction of sp³-hybridized carbons (Fsp3) is 0.400. The highest BCUT2D eigenvalue weighted by Crippen LogP contribution is 2.24. The lowest BCUT2D eigenvalue weighted by Gasteiger charge is -2.04. The zero-order valence-corrected chi connectivity index (χ0v) is 7.36. The second-order valence-corrected chi connectivity index (χ2v) is 3.41. The molecule has 0 heterocycles. The van der Waals surface area contributed by atoms with Crippen LogP contribution >= 0.6 is 0 Å². The first-order valence-electron chi connectivity index (χ1n) is 4.53. The number of rotatable bonds is 4. The number of hydrogen-bond donors (Lipinski definition) is 1. The molecule has 13 heavy (non-hydrogen) atoms. The molecule has 1 aromatic carbocycles. The summed E-state index contributed by atoms with van der Waals surface area (Å²) >= 11 is 0. The van der Waals surface area contributed by atoms with E-state index in [0.717, 1.165) is 11.3 Å². The summed E-state index contributed by atoms with van der Waals surface area (Å²) in [6.07, 6.45) is 2.52. The Hall–Kier alpha value is -1.38. The largest absolute Gasteiger partial charge is 0.382 e. The van der Waals surface area contributed by atoms with Gasteiger partial charge in [0.15, 0.2) is 0 Å². The van der Waals surface area contributed by atoms with Gasteiger partial charge in [0.2, 0.25) is 0 Å². The fourth-order valence-corrected chi connectivity index (χ4v) is 1.30. The predicted molar refractivity (Wildman–Crippen MR) is 52.6 cm³/mol. The third-order valence-corrected chi connectivity index (χ3v) is 2.12. The minimum Gasteiger partial charge on any atom is -0.382 e. The van der Waals surface area contributed by atoms with E-state index < -0.39 is 0 Å². The Kier molecular flexibility index (Phi) is 2.25. The summed E-state index contributed by atoms with van der Waals surface area (Å²) in [5.41, 5.74) is 2.07. The Morgan fingerprint density at radius 1 is 1.46 bits per heavy atom. The summed E-state index contributed by atoms with van der Waals surface area (Å²) < 4.78 is 0. The van der Waals surface area contributed by atoms with Crippen LogP contribution in [0.4, 0.5) is 5.69 Å². The number of anilines is 1. The molecule has 1 saturated carbocycles. The Balaban J connectivity index is 2.06. The molecule has 0 aromatic heterocycles. The van der Waals surface area contributed by atoms with Crippen molar-refractivity contribution in [3.63, 3.8) is 0 Å². The maximum atomic E-state index is 10.0. The molecule has 0 radical (unpaired) electrons. The van der Waals surface area contributed by atoms with Gasteiger partial charge >= 0.3 is 0 Å². The standard InChI is InChI=1S/C10H12N2O/c13-11-7-8-2-1-3-10(6-8)12-9-4-5-9/h1-3,6,9,12H,4-5,7H2. The van der Waals surface area contributed by atoms with Crippen LogP contribution in [0.15, 0.2) is 29.4 Å². The molecule has 1 fully saturated rings. The van der Waals surface area contributed by atoms with Gasteiger partial charge in [0.25, 0.3) is 0 Å². The molecular weight excluding hydrogens is 164 g/mol. The molecule has 1 aliphatic carbocycles. The molecule has 0 unspecified atom stereocenters. The molecule has 3 heteroatoms. The molecule has 68 valence electrons. The van der Waals surface area contributed by atoms with Crippen molar-refractivity contribution in [2.75, 3.05) is 5.32 Å². The van der Waals surface area contributed by atoms with Crippen molar-refractivity contribution in [3.8, 4) is 0 Å². The first kappa shape index (κ1) is 8.23. The first-order chi connectivity index (χ1) is 6.38. The maximum absolute atomic E-state index is 10.0. The average Bonchev–Trinajstić information content (AvgIpc) is 2.90. The number of nitrogens with zero attached hydrogens (tertiary/aromatic N) is 1. The van der Waals surface area contributed by atoms with Crippen LogP contribution in [0, 0.1) is 4.91 Å². The van der Waals surface area contributed by atoms with Crippen LogP contribution in [0.1, 0.15) is 18.4 Å². The summed E-state index contributed by atoms with van der Waals surface area (Å²) in [5.74, 6) is 0. The van der Waals surface area contributed by atoms with Gasteiger partial charge in [-0.15, -0.1) is 0 Å². The van der Waals surface area contributed by atoms with Gasteiger partial charge in [0.1, 0.15) is 6.54 Å². The van der Waals surface area contributed by atoms with Crippen molar-refractivity contribution < 1.29 is 0 Å². The van der Waals surface area contributed by atoms with Crippen LogP contribution in [0.3, 0.4) is 0 Å². The van der Waals surface area contributed by atoms with Crippen molar-refractivity contribution in [2.24, 2.45) is 5.18 Å². The van der Waals surface area contributed by atoms with Crippen LogP contribution in [0.25, 0.3) is 0 Å². The second-order valence-electron chi connectivity index (χ2n) is 3.41. The predicted octanol–water partition coefficient (Wildman–Crippen LogP) is 2.53. The van der Waals surface area contributed by atoms with Crippen LogP contribution in [-0.2, 0) is 6.54 Å². The van der Waals surface area contributed by atoms with Gasteiger partial charge in [-0.3, -0.25) is 0 Å². The highest BCUT2D eigenvalue weighted by atomic mass is 16.3. The van der Waals surface area contributed by atoms with Gasteiger partial charge < -0.3 is 5.32 Å². The first-order valence-corrected chi connectivity index (χ1v) is 4.53. The monoisotopic (exact) mass is 176 g/mol. The van der Waals surface area contributed by atoms with E-state index in [0.29, 0.717) is 6.04 Å². The molecule has 0 aliphatic heterocycles. The van der Waals surface area contributed by atoms with E-state index in [1.807, 2.05) is 24.3 Å². The quantitative estimate of drug-likeness (QED) is 0.716. The summed E-state index contributed by atoms with van der Waals surface area (Å²) in [6, 6.07) is 8.52. The van der Waals surface area contributed by atoms with E-state index in [9.17, 15) is 4.91 Å². The summed E-state index contributed by atoms with van der Waals surface area (Å²) in [4.78, 5) is 10.0. The SMILES string of the molecule is O=NCc1cccc(NC2CC2)c1. The fourth-order valence-electron chi connectivity index (χ4n) is 1.30. The van der Waals surface area contributed by atoms with Crippen molar-refractivity contribution in [2.45, 2.75) is 25.4 Å². The zero-order chi connectivity index (χ0) is 9.10. The van der Waals surface area contributed by atoms with Crippen molar-refractivity contribution in [3.05, 3.63) is 34.7 Å². The maximum Gasteiger partial charge on any atom is 0.106 e. The van der Waals surface area contributed by atoms with E-state index in [2.05, 4.69) is 10.5 Å². The summed E-state index contributed by atoms with van der Waals surface area (Å²) in [6.45, 7) is 0.264. The van der Waals surface area contributed by atoms with Crippen molar-refractivity contribution in [1.29, 1.82) is 0 Å². The molecule has 0 bridgehead atoms. The zero-order valence-electron chi connectivity index (χ0n) is 7.36. The van der Waals surface area contributed by atoms with Gasteiger partial charge in [-0.05, 0) is 30.5 Å². The third-order valence-electron chi connectivity index (χ3n) is 2.12. The lowest BCUT2D eigenvalue weighted by atomic mass is 10.2. The number of benzene rings is 1. The van der Waals surface area contributed by atoms with Gasteiger partial charge in [-0.2, -0.15) is 4.91 Å². The Labute approximate surface area is 77.1 Å². The summed E-state index contributed by atoms with van der Waals surface area (Å²) in [5, 5.41) is 6.23. The van der Waals surface area contributed by atoms with Gasteiger partial charge in [0.05, 0.1) is 0 Å². The number of nitroso groups, excluding NO2 is 1. The molecule has 0 spiro atoms. The van der Waals surface area contributed by atoms with Crippen molar-refractivity contribution >= 4 is 5.69 Å². The number of nitrogens with one attached hydrogen (secondary N) is 1. The normalized spacial score (nSPS) is 15.4. The average molecular weight is 176 g/mol. The molecule has 1 aromatic rings. The van der Waals surface area contributed by atoms with Crippen LogP contribution < -0.4 is 5.32 Å². The lowest BCUT2D eigenvalue weighted by Crippen LogP contribution is -2.00. The number of hydrogen-bond acceptors (Lipinski definition) is 3. The minimum atomic E-state index is 0.264. The second kappa shape index (κ2) is 3.56. The lowest BCUT2D eigenvalue weighted by molar-refractivity contribution is 1.05. The smallest absolute Gasteiger partial charge is 0.106 e. The van der Waals surface area contributed by atoms with E-state index >= 15 is 0 Å². The molecule has 0 amide bonds. The van der Waals surface area contributed by atoms with Gasteiger partial charge in [-0.1, -0.05) is 17.3 Å². The molecule has 3 nitrogen and oxygen atoms in total. The molecule has 2 rings (SSSR count). The van der Waals surface area contributed by atoms with E-state index in [4.69, 9.17) is 0 Å². The molecular formula is C10H12N2O.